The SMILES string of the molecule is [N-]=[N+]=NCCCCCS(=O)(=O)c1cccc2c1C(=O)N(C1CCC(=O)NC1=O)C2=O. The highest BCUT2D eigenvalue weighted by Crippen LogP contribution is 2.32. The topological polar surface area (TPSA) is 166 Å². The molecule has 3 rings (SSSR count). The molecule has 1 atom stereocenters. The zero-order valence-electron chi connectivity index (χ0n) is 15.9. The van der Waals surface area contributed by atoms with Crippen LogP contribution < -0.4 is 5.32 Å². The fraction of sp³-hybridized carbons (Fsp3) is 0.444. The lowest BCUT2D eigenvalue weighted by atomic mass is 10.0. The van der Waals surface area contributed by atoms with Crippen molar-refractivity contribution in [3.8, 4) is 0 Å². The number of carbonyl (C=O) groups is 4. The number of fused-ring (bicyclic) bond motifs is 1. The molecule has 2 aliphatic heterocycles. The minimum absolute atomic E-state index is 0.0105. The second kappa shape index (κ2) is 8.64. The zero-order chi connectivity index (χ0) is 21.9. The minimum atomic E-state index is -3.87. The van der Waals surface area contributed by atoms with Gasteiger partial charge in [-0.25, -0.2) is 8.42 Å². The molecule has 0 radical (unpaired) electrons. The first-order chi connectivity index (χ1) is 14.3. The Morgan fingerprint density at radius 2 is 1.90 bits per heavy atom. The molecule has 0 spiro atoms. The summed E-state index contributed by atoms with van der Waals surface area (Å²) in [6.07, 6.45) is 1.32. The molecule has 0 bridgehead atoms. The highest BCUT2D eigenvalue weighted by Gasteiger charge is 2.46. The van der Waals surface area contributed by atoms with Crippen LogP contribution in [0.5, 0.6) is 0 Å². The fourth-order valence-corrected chi connectivity index (χ4v) is 5.15. The standard InChI is InChI=1S/C18H19N5O6S/c19-22-20-9-2-1-3-10-30(28,29)13-6-4-5-11-15(13)18(27)23(17(11)26)12-7-8-14(24)21-16(12)25/h4-6,12H,1-3,7-10H2,(H,21,24,25). The minimum Gasteiger partial charge on any atom is -0.295 e. The molecule has 1 aromatic rings. The lowest BCUT2D eigenvalue weighted by Gasteiger charge is -2.27. The molecule has 1 unspecified atom stereocenters. The van der Waals surface area contributed by atoms with E-state index in [1.54, 1.807) is 0 Å². The van der Waals surface area contributed by atoms with Gasteiger partial charge in [-0.2, -0.15) is 0 Å². The van der Waals surface area contributed by atoms with Gasteiger partial charge in [-0.1, -0.05) is 17.6 Å². The monoisotopic (exact) mass is 433 g/mol. The zero-order valence-corrected chi connectivity index (χ0v) is 16.7. The van der Waals surface area contributed by atoms with Gasteiger partial charge in [-0.05, 0) is 36.9 Å². The summed E-state index contributed by atoms with van der Waals surface area (Å²) in [6.45, 7) is 0.269. The van der Waals surface area contributed by atoms with Crippen LogP contribution in [0.2, 0.25) is 0 Å². The maximum Gasteiger partial charge on any atom is 0.263 e. The maximum atomic E-state index is 13.0. The first kappa shape index (κ1) is 21.5. The van der Waals surface area contributed by atoms with E-state index in [-0.39, 0.29) is 41.2 Å². The van der Waals surface area contributed by atoms with E-state index in [9.17, 15) is 27.6 Å². The van der Waals surface area contributed by atoms with Gasteiger partial charge >= 0.3 is 0 Å². The molecule has 158 valence electrons. The van der Waals surface area contributed by atoms with Gasteiger partial charge in [0.25, 0.3) is 11.8 Å². The number of piperidine rings is 1. The van der Waals surface area contributed by atoms with Crippen molar-refractivity contribution < 1.29 is 27.6 Å². The summed E-state index contributed by atoms with van der Waals surface area (Å²) in [5.41, 5.74) is 7.93. The van der Waals surface area contributed by atoms with E-state index >= 15 is 0 Å². The Kier molecular flexibility index (Phi) is 6.18. The number of amides is 4. The van der Waals surface area contributed by atoms with Crippen molar-refractivity contribution in [3.05, 3.63) is 39.8 Å². The van der Waals surface area contributed by atoms with Crippen LogP contribution in [0.1, 0.15) is 52.8 Å². The van der Waals surface area contributed by atoms with Crippen molar-refractivity contribution in [2.24, 2.45) is 5.11 Å². The van der Waals surface area contributed by atoms with Crippen molar-refractivity contribution in [1.82, 2.24) is 10.2 Å². The third-order valence-electron chi connectivity index (χ3n) is 5.00. The molecule has 12 heteroatoms. The Bertz CT molecular complexity index is 1080. The van der Waals surface area contributed by atoms with Gasteiger partial charge in [0.05, 0.1) is 21.8 Å². The Morgan fingerprint density at radius 1 is 1.13 bits per heavy atom. The Morgan fingerprint density at radius 3 is 2.60 bits per heavy atom. The number of nitrogens with zero attached hydrogens (tertiary/aromatic N) is 4. The molecule has 30 heavy (non-hydrogen) atoms. The van der Waals surface area contributed by atoms with Gasteiger partial charge in [-0.3, -0.25) is 29.4 Å². The van der Waals surface area contributed by atoms with E-state index in [0.29, 0.717) is 19.3 Å². The fourth-order valence-electron chi connectivity index (χ4n) is 3.55. The average molecular weight is 433 g/mol. The molecule has 0 aromatic heterocycles. The van der Waals surface area contributed by atoms with E-state index in [0.717, 1.165) is 4.90 Å². The van der Waals surface area contributed by atoms with Gasteiger partial charge in [0.1, 0.15) is 6.04 Å². The van der Waals surface area contributed by atoms with E-state index in [4.69, 9.17) is 5.53 Å². The number of hydrogen-bond donors (Lipinski definition) is 1. The lowest BCUT2D eigenvalue weighted by molar-refractivity contribution is -0.136. The molecule has 2 aliphatic rings. The molecule has 2 heterocycles. The van der Waals surface area contributed by atoms with Crippen LogP contribution in [0.25, 0.3) is 10.4 Å². The van der Waals surface area contributed by atoms with Gasteiger partial charge in [-0.15, -0.1) is 0 Å². The predicted octanol–water partition coefficient (Wildman–Crippen LogP) is 1.34. The molecule has 1 N–H and O–H groups in total. The van der Waals surface area contributed by atoms with Gasteiger partial charge in [0.2, 0.25) is 11.8 Å². The lowest BCUT2D eigenvalue weighted by Crippen LogP contribution is -2.54. The number of nitrogens with one attached hydrogen (secondary N) is 1. The normalized spacial score (nSPS) is 18.8. The molecule has 1 aromatic carbocycles. The molecule has 0 aliphatic carbocycles. The van der Waals surface area contributed by atoms with E-state index in [2.05, 4.69) is 15.3 Å². The van der Waals surface area contributed by atoms with Crippen molar-refractivity contribution in [2.45, 2.75) is 43.0 Å². The summed E-state index contributed by atoms with van der Waals surface area (Å²) in [6, 6.07) is 2.84. The van der Waals surface area contributed by atoms with Crippen molar-refractivity contribution in [3.63, 3.8) is 0 Å². The number of imide groups is 2. The van der Waals surface area contributed by atoms with Crippen LogP contribution in [0.4, 0.5) is 0 Å². The molecule has 1 fully saturated rings. The van der Waals surface area contributed by atoms with Crippen LogP contribution in [-0.2, 0) is 19.4 Å². The largest absolute Gasteiger partial charge is 0.295 e. The summed E-state index contributed by atoms with van der Waals surface area (Å²) in [5, 5.41) is 5.48. The number of hydrogen-bond acceptors (Lipinski definition) is 7. The van der Waals surface area contributed by atoms with Crippen molar-refractivity contribution in [2.75, 3.05) is 12.3 Å². The second-order valence-electron chi connectivity index (χ2n) is 6.96. The van der Waals surface area contributed by atoms with Crippen LogP contribution in [0.15, 0.2) is 28.2 Å². The first-order valence-corrected chi connectivity index (χ1v) is 11.0. The van der Waals surface area contributed by atoms with Crippen LogP contribution in [-0.4, -0.2) is 55.3 Å². The third-order valence-corrected chi connectivity index (χ3v) is 6.84. The third kappa shape index (κ3) is 4.05. The smallest absolute Gasteiger partial charge is 0.263 e. The number of unbranched alkanes of at least 4 members (excludes halogenated alkanes) is 2. The summed E-state index contributed by atoms with van der Waals surface area (Å²) in [7, 11) is -3.87. The number of azide groups is 1. The van der Waals surface area contributed by atoms with Crippen LogP contribution >= 0.6 is 0 Å². The Balaban J connectivity index is 1.83. The molecule has 4 amide bonds. The highest BCUT2D eigenvalue weighted by atomic mass is 32.2. The van der Waals surface area contributed by atoms with Crippen LogP contribution in [0.3, 0.4) is 0 Å². The molecule has 11 nitrogen and oxygen atoms in total. The molecule has 0 saturated carbocycles. The molecular weight excluding hydrogens is 414 g/mol. The van der Waals surface area contributed by atoms with E-state index < -0.39 is 39.5 Å². The summed E-state index contributed by atoms with van der Waals surface area (Å²) >= 11 is 0. The summed E-state index contributed by atoms with van der Waals surface area (Å²) in [4.78, 5) is 52.4. The first-order valence-electron chi connectivity index (χ1n) is 9.36. The number of sulfone groups is 1. The second-order valence-corrected chi connectivity index (χ2v) is 9.04. The van der Waals surface area contributed by atoms with E-state index in [1.807, 2.05) is 0 Å². The van der Waals surface area contributed by atoms with Crippen molar-refractivity contribution in [1.29, 1.82) is 0 Å². The summed E-state index contributed by atoms with van der Waals surface area (Å²) < 4.78 is 25.7. The molecule has 1 saturated heterocycles. The van der Waals surface area contributed by atoms with Gasteiger partial charge in [0, 0.05) is 17.9 Å². The van der Waals surface area contributed by atoms with Gasteiger partial charge < -0.3 is 0 Å². The Labute approximate surface area is 172 Å². The average Bonchev–Trinajstić information content (AvgIpc) is 2.95. The van der Waals surface area contributed by atoms with Crippen LogP contribution in [0, 0.1) is 0 Å². The quantitative estimate of drug-likeness (QED) is 0.213. The highest BCUT2D eigenvalue weighted by molar-refractivity contribution is 7.91. The summed E-state index contributed by atoms with van der Waals surface area (Å²) in [5.74, 6) is -3.09. The van der Waals surface area contributed by atoms with E-state index in [1.165, 1.54) is 18.2 Å². The predicted molar refractivity (Wildman–Crippen MR) is 103 cm³/mol. The Hall–Kier alpha value is -3.24. The maximum absolute atomic E-state index is 13.0. The number of benzene rings is 1. The number of carbonyl (C=O) groups excluding carboxylic acids is 4. The molecular formula is C18H19N5O6S. The van der Waals surface area contributed by atoms with Gasteiger partial charge in [0.15, 0.2) is 9.84 Å². The number of rotatable bonds is 8. The van der Waals surface area contributed by atoms with Crippen molar-refractivity contribution >= 4 is 33.5 Å².